The lowest BCUT2D eigenvalue weighted by Crippen LogP contribution is -2.35. The van der Waals surface area contributed by atoms with Crippen LogP contribution in [0.5, 0.6) is 11.5 Å². The Morgan fingerprint density at radius 2 is 1.60 bits per heavy atom. The van der Waals surface area contributed by atoms with E-state index in [0.717, 1.165) is 19.8 Å². The summed E-state index contributed by atoms with van der Waals surface area (Å²) in [5.41, 5.74) is 6.07. The van der Waals surface area contributed by atoms with E-state index in [1.165, 1.54) is 20.3 Å². The zero-order chi connectivity index (χ0) is 15.0. The highest BCUT2D eigenvalue weighted by molar-refractivity contribution is 5.51. The van der Waals surface area contributed by atoms with Crippen molar-refractivity contribution in [1.29, 1.82) is 0 Å². The Balaban J connectivity index is 2.64. The third-order valence-electron chi connectivity index (χ3n) is 4.03. The third kappa shape index (κ3) is 2.59. The van der Waals surface area contributed by atoms with Gasteiger partial charge < -0.3 is 15.2 Å². The molecular formula is C15H21F2NO2. The van der Waals surface area contributed by atoms with Crippen LogP contribution in [0.15, 0.2) is 12.1 Å². The quantitative estimate of drug-likeness (QED) is 0.920. The Morgan fingerprint density at radius 3 is 2.05 bits per heavy atom. The monoisotopic (exact) mass is 285 g/mol. The Labute approximate surface area is 118 Å². The minimum absolute atomic E-state index is 0.0699. The van der Waals surface area contributed by atoms with Gasteiger partial charge in [0.05, 0.1) is 14.2 Å². The van der Waals surface area contributed by atoms with Crippen molar-refractivity contribution in [2.75, 3.05) is 14.2 Å². The van der Waals surface area contributed by atoms with E-state index in [9.17, 15) is 8.78 Å². The molecule has 0 spiro atoms. The summed E-state index contributed by atoms with van der Waals surface area (Å²) >= 11 is 0. The van der Waals surface area contributed by atoms with E-state index in [0.29, 0.717) is 29.9 Å². The van der Waals surface area contributed by atoms with Crippen LogP contribution in [0.1, 0.15) is 43.7 Å². The molecular weight excluding hydrogens is 264 g/mol. The van der Waals surface area contributed by atoms with Crippen LogP contribution >= 0.6 is 0 Å². The maximum atomic E-state index is 13.9. The lowest BCUT2D eigenvalue weighted by atomic mass is 9.84. The zero-order valence-corrected chi connectivity index (χ0v) is 12.1. The predicted molar refractivity (Wildman–Crippen MR) is 73.4 cm³/mol. The number of methoxy groups -OCH3 is 2. The molecule has 20 heavy (non-hydrogen) atoms. The van der Waals surface area contributed by atoms with Crippen LogP contribution in [-0.4, -0.2) is 14.2 Å². The van der Waals surface area contributed by atoms with Gasteiger partial charge in [0.25, 0.3) is 5.92 Å². The standard InChI is InChI=1S/C15H21F2NO2/c1-14(16,17)10-8-12(19-2)13(20-3)9-11(10)15(18)6-4-5-7-15/h8-9H,4-7,18H2,1-3H3. The number of benzene rings is 1. The van der Waals surface area contributed by atoms with Crippen molar-refractivity contribution in [1.82, 2.24) is 0 Å². The molecule has 1 aromatic carbocycles. The van der Waals surface area contributed by atoms with Crippen molar-refractivity contribution in [3.05, 3.63) is 23.3 Å². The van der Waals surface area contributed by atoms with Crippen LogP contribution in [0.2, 0.25) is 0 Å². The minimum Gasteiger partial charge on any atom is -0.493 e. The van der Waals surface area contributed by atoms with Crippen molar-refractivity contribution < 1.29 is 18.3 Å². The fraction of sp³-hybridized carbons (Fsp3) is 0.600. The van der Waals surface area contributed by atoms with Gasteiger partial charge in [-0.3, -0.25) is 0 Å². The van der Waals surface area contributed by atoms with Crippen molar-refractivity contribution in [2.45, 2.75) is 44.1 Å². The van der Waals surface area contributed by atoms with Crippen molar-refractivity contribution in [2.24, 2.45) is 5.73 Å². The van der Waals surface area contributed by atoms with Gasteiger partial charge in [-0.25, -0.2) is 8.78 Å². The van der Waals surface area contributed by atoms with E-state index in [1.54, 1.807) is 6.07 Å². The molecule has 1 aliphatic carbocycles. The van der Waals surface area contributed by atoms with E-state index in [2.05, 4.69) is 0 Å². The van der Waals surface area contributed by atoms with Gasteiger partial charge in [-0.2, -0.15) is 0 Å². The van der Waals surface area contributed by atoms with Crippen LogP contribution in [0.3, 0.4) is 0 Å². The van der Waals surface area contributed by atoms with Crippen LogP contribution < -0.4 is 15.2 Å². The minimum atomic E-state index is -2.97. The number of rotatable bonds is 4. The van der Waals surface area contributed by atoms with Gasteiger partial charge in [0.2, 0.25) is 0 Å². The molecule has 1 saturated carbocycles. The molecule has 0 heterocycles. The summed E-state index contributed by atoms with van der Waals surface area (Å²) in [6, 6.07) is 2.96. The van der Waals surface area contributed by atoms with Gasteiger partial charge in [0.15, 0.2) is 11.5 Å². The van der Waals surface area contributed by atoms with Crippen LogP contribution in [0.4, 0.5) is 8.78 Å². The van der Waals surface area contributed by atoms with Gasteiger partial charge in [0.1, 0.15) is 0 Å². The first kappa shape index (κ1) is 15.0. The van der Waals surface area contributed by atoms with Crippen LogP contribution in [0.25, 0.3) is 0 Å². The smallest absolute Gasteiger partial charge is 0.270 e. The van der Waals surface area contributed by atoms with Gasteiger partial charge in [-0.15, -0.1) is 0 Å². The molecule has 0 saturated heterocycles. The Morgan fingerprint density at radius 1 is 1.10 bits per heavy atom. The molecule has 1 aromatic rings. The molecule has 2 rings (SSSR count). The van der Waals surface area contributed by atoms with Gasteiger partial charge in [0, 0.05) is 18.0 Å². The summed E-state index contributed by atoms with van der Waals surface area (Å²) in [6.45, 7) is 0.885. The fourth-order valence-corrected chi connectivity index (χ4v) is 2.93. The van der Waals surface area contributed by atoms with E-state index in [4.69, 9.17) is 15.2 Å². The average Bonchev–Trinajstić information content (AvgIpc) is 2.84. The molecule has 0 radical (unpaired) electrons. The zero-order valence-electron chi connectivity index (χ0n) is 12.1. The first-order valence-electron chi connectivity index (χ1n) is 6.75. The topological polar surface area (TPSA) is 44.5 Å². The first-order chi connectivity index (χ1) is 9.31. The van der Waals surface area contributed by atoms with Crippen LogP contribution in [0, 0.1) is 0 Å². The average molecular weight is 285 g/mol. The van der Waals surface area contributed by atoms with E-state index in [-0.39, 0.29) is 5.56 Å². The fourth-order valence-electron chi connectivity index (χ4n) is 2.93. The lowest BCUT2D eigenvalue weighted by Gasteiger charge is -2.30. The second-order valence-electron chi connectivity index (χ2n) is 5.50. The number of halogens is 2. The maximum Gasteiger partial charge on any atom is 0.270 e. The van der Waals surface area contributed by atoms with Gasteiger partial charge >= 0.3 is 0 Å². The molecule has 112 valence electrons. The van der Waals surface area contributed by atoms with Crippen molar-refractivity contribution >= 4 is 0 Å². The molecule has 1 fully saturated rings. The summed E-state index contributed by atoms with van der Waals surface area (Å²) in [7, 11) is 2.92. The van der Waals surface area contributed by atoms with Crippen molar-refractivity contribution in [3.63, 3.8) is 0 Å². The van der Waals surface area contributed by atoms with E-state index < -0.39 is 11.5 Å². The summed E-state index contributed by atoms with van der Waals surface area (Å²) in [5.74, 6) is -2.23. The summed E-state index contributed by atoms with van der Waals surface area (Å²) in [4.78, 5) is 0. The third-order valence-corrected chi connectivity index (χ3v) is 4.03. The highest BCUT2D eigenvalue weighted by Crippen LogP contribution is 2.46. The molecule has 0 aromatic heterocycles. The molecule has 0 bridgehead atoms. The lowest BCUT2D eigenvalue weighted by molar-refractivity contribution is 0.0150. The molecule has 0 amide bonds. The summed E-state index contributed by atoms with van der Waals surface area (Å²) in [6.07, 6.45) is 3.34. The van der Waals surface area contributed by atoms with Gasteiger partial charge in [-0.05, 0) is 30.5 Å². The summed E-state index contributed by atoms with van der Waals surface area (Å²) < 4.78 is 38.2. The number of alkyl halides is 2. The SMILES string of the molecule is COc1cc(C(C)(F)F)c(C2(N)CCCC2)cc1OC. The summed E-state index contributed by atoms with van der Waals surface area (Å²) in [5, 5.41) is 0. The number of ether oxygens (including phenoxy) is 2. The largest absolute Gasteiger partial charge is 0.493 e. The molecule has 2 N–H and O–H groups in total. The number of hydrogen-bond donors (Lipinski definition) is 1. The molecule has 0 atom stereocenters. The van der Waals surface area contributed by atoms with E-state index >= 15 is 0 Å². The molecule has 3 nitrogen and oxygen atoms in total. The second-order valence-corrected chi connectivity index (χ2v) is 5.50. The van der Waals surface area contributed by atoms with Crippen LogP contribution in [-0.2, 0) is 11.5 Å². The maximum absolute atomic E-state index is 13.9. The normalized spacial score (nSPS) is 18.1. The predicted octanol–water partition coefficient (Wildman–Crippen LogP) is 3.54. The van der Waals surface area contributed by atoms with Crippen molar-refractivity contribution in [3.8, 4) is 11.5 Å². The highest BCUT2D eigenvalue weighted by Gasteiger charge is 2.39. The number of hydrogen-bond acceptors (Lipinski definition) is 3. The molecule has 0 unspecified atom stereocenters. The molecule has 5 heteroatoms. The number of nitrogens with two attached hydrogens (primary N) is 1. The Hall–Kier alpha value is -1.36. The molecule has 1 aliphatic rings. The van der Waals surface area contributed by atoms with E-state index in [1.807, 2.05) is 0 Å². The molecule has 0 aliphatic heterocycles. The van der Waals surface area contributed by atoms with Gasteiger partial charge in [-0.1, -0.05) is 12.8 Å². The second kappa shape index (κ2) is 5.20. The highest BCUT2D eigenvalue weighted by atomic mass is 19.3. The Bertz CT molecular complexity index is 491. The first-order valence-corrected chi connectivity index (χ1v) is 6.75. The Kier molecular flexibility index (Phi) is 3.91.